The minimum Gasteiger partial charge on any atom is -0.495 e. The van der Waals surface area contributed by atoms with Crippen molar-refractivity contribution in [3.8, 4) is 5.75 Å². The summed E-state index contributed by atoms with van der Waals surface area (Å²) in [7, 11) is 5.76. The lowest BCUT2D eigenvalue weighted by atomic mass is 9.78. The van der Waals surface area contributed by atoms with E-state index in [1.54, 1.807) is 19.5 Å². The lowest BCUT2D eigenvalue weighted by Gasteiger charge is -2.37. The summed E-state index contributed by atoms with van der Waals surface area (Å²) >= 11 is 0. The molecule has 1 heterocycles. The molecule has 4 nitrogen and oxygen atoms in total. The van der Waals surface area contributed by atoms with E-state index >= 15 is 0 Å². The first-order chi connectivity index (χ1) is 9.56. The second-order valence-corrected chi connectivity index (χ2v) is 6.10. The van der Waals surface area contributed by atoms with Gasteiger partial charge in [0.2, 0.25) is 0 Å². The van der Waals surface area contributed by atoms with E-state index < -0.39 is 5.60 Å². The van der Waals surface area contributed by atoms with E-state index in [0.717, 1.165) is 31.4 Å². The average Bonchev–Trinajstić information content (AvgIpc) is 2.62. The Morgan fingerprint density at radius 1 is 1.35 bits per heavy atom. The van der Waals surface area contributed by atoms with Crippen LogP contribution >= 0.6 is 0 Å². The van der Waals surface area contributed by atoms with Crippen LogP contribution in [0.2, 0.25) is 0 Å². The van der Waals surface area contributed by atoms with Crippen molar-refractivity contribution >= 4 is 0 Å². The monoisotopic (exact) mass is 278 g/mol. The Balaban J connectivity index is 2.34. The molecule has 2 atom stereocenters. The molecule has 0 aromatic carbocycles. The average molecular weight is 278 g/mol. The second kappa shape index (κ2) is 6.55. The van der Waals surface area contributed by atoms with Crippen molar-refractivity contribution in [1.29, 1.82) is 0 Å². The molecule has 1 aliphatic carbocycles. The summed E-state index contributed by atoms with van der Waals surface area (Å²) in [6.07, 6.45) is 8.80. The Morgan fingerprint density at radius 2 is 2.15 bits per heavy atom. The van der Waals surface area contributed by atoms with Crippen LogP contribution in [-0.4, -0.2) is 42.7 Å². The molecular formula is C16H26N2O2. The Morgan fingerprint density at radius 3 is 2.85 bits per heavy atom. The molecule has 1 N–H and O–H groups in total. The first-order valence-electron chi connectivity index (χ1n) is 7.43. The third-order valence-corrected chi connectivity index (χ3v) is 4.32. The lowest BCUT2D eigenvalue weighted by Crippen LogP contribution is -2.40. The fourth-order valence-corrected chi connectivity index (χ4v) is 3.24. The first-order valence-corrected chi connectivity index (χ1v) is 7.43. The second-order valence-electron chi connectivity index (χ2n) is 6.10. The van der Waals surface area contributed by atoms with E-state index in [1.807, 2.05) is 6.07 Å². The zero-order valence-electron chi connectivity index (χ0n) is 12.8. The van der Waals surface area contributed by atoms with Crippen LogP contribution in [0, 0.1) is 5.92 Å². The van der Waals surface area contributed by atoms with Crippen LogP contribution < -0.4 is 4.74 Å². The highest BCUT2D eigenvalue weighted by molar-refractivity contribution is 5.29. The molecule has 1 saturated carbocycles. The van der Waals surface area contributed by atoms with Crippen LogP contribution in [0.4, 0.5) is 0 Å². The van der Waals surface area contributed by atoms with Gasteiger partial charge in [-0.25, -0.2) is 0 Å². The summed E-state index contributed by atoms with van der Waals surface area (Å²) in [4.78, 5) is 6.38. The smallest absolute Gasteiger partial charge is 0.137 e. The summed E-state index contributed by atoms with van der Waals surface area (Å²) < 4.78 is 5.25. The molecule has 1 aliphatic rings. The van der Waals surface area contributed by atoms with Gasteiger partial charge in [0, 0.05) is 24.2 Å². The summed E-state index contributed by atoms with van der Waals surface area (Å²) in [5.41, 5.74) is 0.105. The highest BCUT2D eigenvalue weighted by Gasteiger charge is 2.39. The SMILES string of the molecule is COc1cncc(C2(O)CCCCCC2CN(C)C)c1. The van der Waals surface area contributed by atoms with Gasteiger partial charge in [0.1, 0.15) is 5.75 Å². The zero-order valence-corrected chi connectivity index (χ0v) is 12.8. The van der Waals surface area contributed by atoms with Gasteiger partial charge in [0.25, 0.3) is 0 Å². The van der Waals surface area contributed by atoms with Gasteiger partial charge < -0.3 is 14.7 Å². The van der Waals surface area contributed by atoms with Crippen LogP contribution in [0.5, 0.6) is 5.75 Å². The fraction of sp³-hybridized carbons (Fsp3) is 0.688. The summed E-state index contributed by atoms with van der Waals surface area (Å²) in [5.74, 6) is 0.956. The minimum absolute atomic E-state index is 0.244. The van der Waals surface area contributed by atoms with Gasteiger partial charge in [-0.2, -0.15) is 0 Å². The predicted octanol–water partition coefficient (Wildman–Crippen LogP) is 2.42. The quantitative estimate of drug-likeness (QED) is 0.859. The van der Waals surface area contributed by atoms with Crippen molar-refractivity contribution in [3.05, 3.63) is 24.0 Å². The Hall–Kier alpha value is -1.13. The zero-order chi connectivity index (χ0) is 14.6. The van der Waals surface area contributed by atoms with E-state index in [0.29, 0.717) is 5.75 Å². The van der Waals surface area contributed by atoms with Crippen molar-refractivity contribution in [1.82, 2.24) is 9.88 Å². The van der Waals surface area contributed by atoms with Gasteiger partial charge in [0.05, 0.1) is 18.9 Å². The molecule has 1 aromatic rings. The van der Waals surface area contributed by atoms with Crippen molar-refractivity contribution < 1.29 is 9.84 Å². The molecule has 0 saturated heterocycles. The Kier molecular flexibility index (Phi) is 5.00. The highest BCUT2D eigenvalue weighted by atomic mass is 16.5. The van der Waals surface area contributed by atoms with E-state index in [-0.39, 0.29) is 5.92 Å². The number of nitrogens with zero attached hydrogens (tertiary/aromatic N) is 2. The Bertz CT molecular complexity index is 436. The van der Waals surface area contributed by atoms with Crippen LogP contribution in [0.1, 0.15) is 37.7 Å². The maximum atomic E-state index is 11.3. The Labute approximate surface area is 121 Å². The van der Waals surface area contributed by atoms with Gasteiger partial charge in [-0.05, 0) is 33.0 Å². The standard InChI is InChI=1S/C16H26N2O2/c1-18(2)12-13-7-5-4-6-8-16(13,19)14-9-15(20-3)11-17-10-14/h9-11,13,19H,4-8,12H2,1-3H3. The lowest BCUT2D eigenvalue weighted by molar-refractivity contribution is -0.0392. The van der Waals surface area contributed by atoms with E-state index in [2.05, 4.69) is 24.0 Å². The normalized spacial score (nSPS) is 27.4. The van der Waals surface area contributed by atoms with Crippen LogP contribution in [-0.2, 0) is 5.60 Å². The van der Waals surface area contributed by atoms with Crippen molar-refractivity contribution in [3.63, 3.8) is 0 Å². The maximum absolute atomic E-state index is 11.3. The highest BCUT2D eigenvalue weighted by Crippen LogP contribution is 2.41. The molecule has 112 valence electrons. The maximum Gasteiger partial charge on any atom is 0.137 e. The van der Waals surface area contributed by atoms with Gasteiger partial charge in [-0.3, -0.25) is 4.98 Å². The van der Waals surface area contributed by atoms with Gasteiger partial charge in [-0.1, -0.05) is 19.3 Å². The van der Waals surface area contributed by atoms with Gasteiger partial charge in [0.15, 0.2) is 0 Å². The first kappa shape index (κ1) is 15.3. The predicted molar refractivity (Wildman–Crippen MR) is 79.8 cm³/mol. The number of rotatable bonds is 4. The van der Waals surface area contributed by atoms with Gasteiger partial charge >= 0.3 is 0 Å². The molecule has 0 aliphatic heterocycles. The molecule has 1 aromatic heterocycles. The van der Waals surface area contributed by atoms with Crippen LogP contribution in [0.3, 0.4) is 0 Å². The number of hydrogen-bond acceptors (Lipinski definition) is 4. The molecular weight excluding hydrogens is 252 g/mol. The molecule has 0 bridgehead atoms. The number of aliphatic hydroxyl groups is 1. The summed E-state index contributed by atoms with van der Waals surface area (Å²) in [6, 6.07) is 1.93. The topological polar surface area (TPSA) is 45.6 Å². The number of ether oxygens (including phenoxy) is 1. The van der Waals surface area contributed by atoms with E-state index in [9.17, 15) is 5.11 Å². The molecule has 2 unspecified atom stereocenters. The molecule has 0 spiro atoms. The molecule has 20 heavy (non-hydrogen) atoms. The number of aromatic nitrogens is 1. The van der Waals surface area contributed by atoms with Gasteiger partial charge in [-0.15, -0.1) is 0 Å². The summed E-state index contributed by atoms with van der Waals surface area (Å²) in [5, 5.41) is 11.3. The van der Waals surface area contributed by atoms with Crippen LogP contribution in [0.15, 0.2) is 18.5 Å². The van der Waals surface area contributed by atoms with Crippen LogP contribution in [0.25, 0.3) is 0 Å². The molecule has 2 rings (SSSR count). The minimum atomic E-state index is -0.789. The van der Waals surface area contributed by atoms with Crippen molar-refractivity contribution in [2.45, 2.75) is 37.7 Å². The summed E-state index contributed by atoms with van der Waals surface area (Å²) in [6.45, 7) is 0.897. The number of hydrogen-bond donors (Lipinski definition) is 1. The van der Waals surface area contributed by atoms with Crippen molar-refractivity contribution in [2.24, 2.45) is 5.92 Å². The molecule has 0 radical (unpaired) electrons. The van der Waals surface area contributed by atoms with Crippen molar-refractivity contribution in [2.75, 3.05) is 27.7 Å². The third-order valence-electron chi connectivity index (χ3n) is 4.32. The molecule has 1 fully saturated rings. The molecule has 0 amide bonds. The molecule has 4 heteroatoms. The third kappa shape index (κ3) is 3.30. The van der Waals surface area contributed by atoms with E-state index in [1.165, 1.54) is 12.8 Å². The number of methoxy groups -OCH3 is 1. The largest absolute Gasteiger partial charge is 0.495 e. The number of pyridine rings is 1. The van der Waals surface area contributed by atoms with E-state index in [4.69, 9.17) is 4.74 Å². The fourth-order valence-electron chi connectivity index (χ4n) is 3.24.